The SMILES string of the molecule is CC(C)(C)OC(=O)Cn1nnc(-c2cnc(N3CCC4(CC3)CC(=O)c3c(Cl)cccc3O4)s2)n1. The van der Waals surface area contributed by atoms with E-state index < -0.39 is 17.2 Å². The van der Waals surface area contributed by atoms with Crippen LogP contribution in [0.3, 0.4) is 0 Å². The van der Waals surface area contributed by atoms with E-state index in [-0.39, 0.29) is 12.3 Å². The summed E-state index contributed by atoms with van der Waals surface area (Å²) in [6, 6.07) is 5.33. The summed E-state index contributed by atoms with van der Waals surface area (Å²) >= 11 is 7.67. The van der Waals surface area contributed by atoms with Crippen LogP contribution >= 0.6 is 22.9 Å². The Morgan fingerprint density at radius 3 is 2.80 bits per heavy atom. The highest BCUT2D eigenvalue weighted by Gasteiger charge is 2.44. The third-order valence-corrected chi connectivity index (χ3v) is 7.23. The van der Waals surface area contributed by atoms with Crippen molar-refractivity contribution in [1.29, 1.82) is 0 Å². The molecule has 1 spiro atoms. The Labute approximate surface area is 211 Å². The first-order valence-corrected chi connectivity index (χ1v) is 12.5. The highest BCUT2D eigenvalue weighted by Crippen LogP contribution is 2.42. The van der Waals surface area contributed by atoms with Crippen LogP contribution in [0.2, 0.25) is 5.02 Å². The van der Waals surface area contributed by atoms with Crippen molar-refractivity contribution in [2.24, 2.45) is 0 Å². The van der Waals surface area contributed by atoms with Gasteiger partial charge in [0.25, 0.3) is 0 Å². The molecule has 4 heterocycles. The van der Waals surface area contributed by atoms with Gasteiger partial charge in [-0.2, -0.15) is 4.80 Å². The largest absolute Gasteiger partial charge is 0.486 e. The van der Waals surface area contributed by atoms with Crippen LogP contribution < -0.4 is 9.64 Å². The third kappa shape index (κ3) is 5.01. The minimum absolute atomic E-state index is 0.0300. The molecule has 0 unspecified atom stereocenters. The van der Waals surface area contributed by atoms with Crippen LogP contribution in [0.1, 0.15) is 50.4 Å². The number of ketones is 1. The molecule has 184 valence electrons. The number of tetrazole rings is 1. The molecular weight excluding hydrogens is 492 g/mol. The summed E-state index contributed by atoms with van der Waals surface area (Å²) in [6.45, 7) is 6.71. The van der Waals surface area contributed by atoms with Crippen molar-refractivity contribution in [3.63, 3.8) is 0 Å². The summed E-state index contributed by atoms with van der Waals surface area (Å²) in [5.41, 5.74) is -0.608. The van der Waals surface area contributed by atoms with E-state index in [1.54, 1.807) is 39.1 Å². The summed E-state index contributed by atoms with van der Waals surface area (Å²) in [6.07, 6.45) is 3.43. The molecule has 2 aromatic heterocycles. The van der Waals surface area contributed by atoms with E-state index in [1.807, 2.05) is 6.07 Å². The first kappa shape index (κ1) is 23.7. The second kappa shape index (κ2) is 8.87. The topological polar surface area (TPSA) is 112 Å². The number of ether oxygens (including phenoxy) is 2. The fourth-order valence-corrected chi connectivity index (χ4v) is 5.47. The molecule has 2 aliphatic rings. The van der Waals surface area contributed by atoms with Crippen LogP contribution in [0.15, 0.2) is 24.4 Å². The van der Waals surface area contributed by atoms with Crippen LogP contribution in [0.4, 0.5) is 5.13 Å². The van der Waals surface area contributed by atoms with Gasteiger partial charge in [-0.1, -0.05) is 29.0 Å². The maximum absolute atomic E-state index is 12.8. The van der Waals surface area contributed by atoms with Gasteiger partial charge in [-0.15, -0.1) is 10.2 Å². The lowest BCUT2D eigenvalue weighted by molar-refractivity contribution is -0.156. The summed E-state index contributed by atoms with van der Waals surface area (Å²) in [5.74, 6) is 0.573. The van der Waals surface area contributed by atoms with Gasteiger partial charge in [-0.05, 0) is 38.1 Å². The average molecular weight is 517 g/mol. The molecular formula is C23H25ClN6O4S. The molecule has 0 atom stereocenters. The van der Waals surface area contributed by atoms with Gasteiger partial charge in [0.15, 0.2) is 17.5 Å². The number of hydrogen-bond acceptors (Lipinski definition) is 10. The van der Waals surface area contributed by atoms with Gasteiger partial charge in [0.05, 0.1) is 28.1 Å². The van der Waals surface area contributed by atoms with Crippen molar-refractivity contribution in [2.75, 3.05) is 18.0 Å². The van der Waals surface area contributed by atoms with E-state index in [0.29, 0.717) is 54.5 Å². The molecule has 0 aliphatic carbocycles. The van der Waals surface area contributed by atoms with Gasteiger partial charge in [-0.3, -0.25) is 4.79 Å². The lowest BCUT2D eigenvalue weighted by Gasteiger charge is -2.44. The Hall–Kier alpha value is -3.05. The zero-order valence-electron chi connectivity index (χ0n) is 19.7. The molecule has 0 bridgehead atoms. The molecule has 5 rings (SSSR count). The number of esters is 1. The van der Waals surface area contributed by atoms with Crippen molar-refractivity contribution in [1.82, 2.24) is 25.2 Å². The molecule has 1 saturated heterocycles. The van der Waals surface area contributed by atoms with E-state index in [4.69, 9.17) is 21.1 Å². The number of anilines is 1. The highest BCUT2D eigenvalue weighted by molar-refractivity contribution is 7.18. The summed E-state index contributed by atoms with van der Waals surface area (Å²) in [4.78, 5) is 33.5. The minimum Gasteiger partial charge on any atom is -0.486 e. The van der Waals surface area contributed by atoms with Gasteiger partial charge in [-0.25, -0.2) is 9.78 Å². The number of Topliss-reactive ketones (excluding diaryl/α,β-unsaturated/α-hetero) is 1. The van der Waals surface area contributed by atoms with Crippen molar-refractivity contribution in [2.45, 2.75) is 57.8 Å². The van der Waals surface area contributed by atoms with Crippen molar-refractivity contribution in [3.8, 4) is 16.5 Å². The van der Waals surface area contributed by atoms with Crippen LogP contribution in [-0.4, -0.2) is 61.2 Å². The van der Waals surface area contributed by atoms with Crippen molar-refractivity contribution in [3.05, 3.63) is 35.0 Å². The number of piperidine rings is 1. The lowest BCUT2D eigenvalue weighted by atomic mass is 9.82. The Bertz CT molecular complexity index is 1280. The monoisotopic (exact) mass is 516 g/mol. The molecule has 3 aromatic rings. The molecule has 35 heavy (non-hydrogen) atoms. The molecule has 0 amide bonds. The summed E-state index contributed by atoms with van der Waals surface area (Å²) in [5, 5.41) is 13.6. The zero-order valence-corrected chi connectivity index (χ0v) is 21.2. The number of hydrogen-bond donors (Lipinski definition) is 0. The number of aromatic nitrogens is 5. The lowest BCUT2D eigenvalue weighted by Crippen LogP contribution is -2.51. The maximum Gasteiger partial charge on any atom is 0.330 e. The van der Waals surface area contributed by atoms with E-state index in [2.05, 4.69) is 25.3 Å². The predicted octanol–water partition coefficient (Wildman–Crippen LogP) is 3.80. The van der Waals surface area contributed by atoms with Crippen LogP contribution in [0, 0.1) is 0 Å². The quantitative estimate of drug-likeness (QED) is 0.478. The number of halogens is 1. The first-order valence-electron chi connectivity index (χ1n) is 11.3. The van der Waals surface area contributed by atoms with Crippen LogP contribution in [-0.2, 0) is 16.1 Å². The normalized spacial score (nSPS) is 17.3. The Balaban J connectivity index is 1.22. The molecule has 1 aromatic carbocycles. The standard InChI is InChI=1S/C23H25ClN6O4S/c1-22(2,3)34-18(32)13-30-27-20(26-28-30)17-12-25-21(35-17)29-9-7-23(8-10-29)11-15(31)19-14(24)5-4-6-16(19)33-23/h4-6,12H,7-11,13H2,1-3H3. The first-order chi connectivity index (χ1) is 16.6. The smallest absolute Gasteiger partial charge is 0.330 e. The van der Waals surface area contributed by atoms with Crippen molar-refractivity contribution < 1.29 is 19.1 Å². The number of benzene rings is 1. The van der Waals surface area contributed by atoms with Gasteiger partial charge in [0.1, 0.15) is 17.0 Å². The van der Waals surface area contributed by atoms with Crippen LogP contribution in [0.5, 0.6) is 5.75 Å². The minimum atomic E-state index is -0.577. The van der Waals surface area contributed by atoms with E-state index in [0.717, 1.165) is 10.0 Å². The zero-order chi connectivity index (χ0) is 24.8. The van der Waals surface area contributed by atoms with E-state index in [1.165, 1.54) is 16.1 Å². The molecule has 12 heteroatoms. The summed E-state index contributed by atoms with van der Waals surface area (Å²) < 4.78 is 11.6. The molecule has 0 radical (unpaired) electrons. The average Bonchev–Trinajstić information content (AvgIpc) is 3.42. The number of nitrogens with zero attached hydrogens (tertiary/aromatic N) is 6. The van der Waals surface area contributed by atoms with Gasteiger partial charge in [0.2, 0.25) is 5.82 Å². The number of fused-ring (bicyclic) bond motifs is 1. The fourth-order valence-electron chi connectivity index (χ4n) is 4.31. The third-order valence-electron chi connectivity index (χ3n) is 5.87. The number of rotatable bonds is 4. The number of carbonyl (C=O) groups excluding carboxylic acids is 2. The Morgan fingerprint density at radius 1 is 1.29 bits per heavy atom. The molecule has 2 aliphatic heterocycles. The Morgan fingerprint density at radius 2 is 2.06 bits per heavy atom. The number of thiazole rings is 1. The van der Waals surface area contributed by atoms with E-state index >= 15 is 0 Å². The molecule has 1 fully saturated rings. The second-order valence-electron chi connectivity index (χ2n) is 9.72. The number of carbonyl (C=O) groups is 2. The predicted molar refractivity (Wildman–Crippen MR) is 130 cm³/mol. The van der Waals surface area contributed by atoms with E-state index in [9.17, 15) is 9.59 Å². The van der Waals surface area contributed by atoms with Gasteiger partial charge < -0.3 is 14.4 Å². The fraction of sp³-hybridized carbons (Fsp3) is 0.478. The molecule has 0 N–H and O–H groups in total. The molecule has 10 nitrogen and oxygen atoms in total. The van der Waals surface area contributed by atoms with Crippen LogP contribution in [0.25, 0.3) is 10.7 Å². The maximum atomic E-state index is 12.8. The second-order valence-corrected chi connectivity index (χ2v) is 11.1. The van der Waals surface area contributed by atoms with Crippen molar-refractivity contribution >= 4 is 39.8 Å². The van der Waals surface area contributed by atoms with Gasteiger partial charge in [0, 0.05) is 25.9 Å². The van der Waals surface area contributed by atoms with Gasteiger partial charge >= 0.3 is 5.97 Å². The summed E-state index contributed by atoms with van der Waals surface area (Å²) in [7, 11) is 0. The molecule has 0 saturated carbocycles. The highest BCUT2D eigenvalue weighted by atomic mass is 35.5. The Kier molecular flexibility index (Phi) is 6.00.